The first-order valence-electron chi connectivity index (χ1n) is 6.48. The molecule has 0 amide bonds. The van der Waals surface area contributed by atoms with Crippen LogP contribution in [0, 0.1) is 0 Å². The fraction of sp³-hybridized carbons (Fsp3) is 0.125. The van der Waals surface area contributed by atoms with Gasteiger partial charge in [0.15, 0.2) is 4.83 Å². The molecular weight excluding hydrogens is 331 g/mol. The second-order valence-corrected chi connectivity index (χ2v) is 6.38. The highest BCUT2D eigenvalue weighted by Gasteiger charge is 2.30. The summed E-state index contributed by atoms with van der Waals surface area (Å²) in [6.07, 6.45) is -2.46. The molecule has 1 aliphatic heterocycles. The van der Waals surface area contributed by atoms with Gasteiger partial charge in [0, 0.05) is 11.8 Å². The summed E-state index contributed by atoms with van der Waals surface area (Å²) in [6, 6.07) is 12.7. The molecule has 1 aliphatic rings. The van der Waals surface area contributed by atoms with Crippen molar-refractivity contribution in [1.29, 1.82) is 0 Å². The Kier molecular flexibility index (Phi) is 4.10. The molecule has 2 aromatic carbocycles. The SMILES string of the molecule is FC(F)(F)c1ccc(-c2ccccc2N2C=CSC2Cl)cc1. The fourth-order valence-electron chi connectivity index (χ4n) is 2.27. The van der Waals surface area contributed by atoms with Gasteiger partial charge in [0.1, 0.15) is 0 Å². The van der Waals surface area contributed by atoms with Crippen molar-refractivity contribution in [1.82, 2.24) is 0 Å². The van der Waals surface area contributed by atoms with E-state index in [1.165, 1.54) is 23.9 Å². The number of rotatable bonds is 2. The van der Waals surface area contributed by atoms with Crippen LogP contribution in [0.2, 0.25) is 0 Å². The van der Waals surface area contributed by atoms with Crippen LogP contribution in [-0.2, 0) is 6.18 Å². The maximum Gasteiger partial charge on any atom is 0.416 e. The molecule has 22 heavy (non-hydrogen) atoms. The summed E-state index contributed by atoms with van der Waals surface area (Å²) in [4.78, 5) is 1.63. The predicted octanol–water partition coefficient (Wildman–Crippen LogP) is 5.92. The van der Waals surface area contributed by atoms with Crippen LogP contribution in [0.25, 0.3) is 11.1 Å². The van der Waals surface area contributed by atoms with Crippen LogP contribution < -0.4 is 4.90 Å². The Morgan fingerprint density at radius 3 is 2.27 bits per heavy atom. The van der Waals surface area contributed by atoms with Gasteiger partial charge < -0.3 is 4.90 Å². The second-order valence-electron chi connectivity index (χ2n) is 4.71. The molecule has 0 bridgehead atoms. The number of para-hydroxylation sites is 1. The molecule has 0 saturated heterocycles. The van der Waals surface area contributed by atoms with E-state index < -0.39 is 11.7 Å². The molecule has 6 heteroatoms. The van der Waals surface area contributed by atoms with Crippen LogP contribution in [0.1, 0.15) is 5.56 Å². The van der Waals surface area contributed by atoms with Gasteiger partial charge in [-0.05, 0) is 29.2 Å². The Labute approximate surface area is 135 Å². The number of alkyl halides is 4. The van der Waals surface area contributed by atoms with Gasteiger partial charge in [0.25, 0.3) is 0 Å². The normalized spacial score (nSPS) is 18.0. The molecule has 3 rings (SSSR count). The molecule has 0 aliphatic carbocycles. The highest BCUT2D eigenvalue weighted by molar-refractivity contribution is 8.04. The van der Waals surface area contributed by atoms with Gasteiger partial charge in [-0.25, -0.2) is 0 Å². The third kappa shape index (κ3) is 2.96. The van der Waals surface area contributed by atoms with Gasteiger partial charge in [-0.15, -0.1) is 0 Å². The molecule has 0 aromatic heterocycles. The van der Waals surface area contributed by atoms with Gasteiger partial charge in [0.2, 0.25) is 0 Å². The molecule has 1 atom stereocenters. The van der Waals surface area contributed by atoms with Crippen LogP contribution in [0.15, 0.2) is 60.1 Å². The van der Waals surface area contributed by atoms with E-state index in [-0.39, 0.29) is 4.83 Å². The number of benzene rings is 2. The average Bonchev–Trinajstić information content (AvgIpc) is 2.92. The molecule has 0 N–H and O–H groups in total. The summed E-state index contributed by atoms with van der Waals surface area (Å²) < 4.78 is 38.0. The smallest absolute Gasteiger partial charge is 0.321 e. The lowest BCUT2D eigenvalue weighted by molar-refractivity contribution is -0.137. The molecule has 2 aromatic rings. The monoisotopic (exact) mass is 341 g/mol. The van der Waals surface area contributed by atoms with Gasteiger partial charge in [-0.3, -0.25) is 0 Å². The Balaban J connectivity index is 2.00. The Hall–Kier alpha value is -1.59. The zero-order valence-corrected chi connectivity index (χ0v) is 12.8. The molecule has 1 heterocycles. The summed E-state index contributed by atoms with van der Waals surface area (Å²) in [5, 5.41) is 1.89. The Morgan fingerprint density at radius 1 is 1.00 bits per heavy atom. The van der Waals surface area contributed by atoms with Gasteiger partial charge in [0.05, 0.1) is 11.3 Å². The van der Waals surface area contributed by atoms with Gasteiger partial charge in [-0.1, -0.05) is 53.7 Å². The van der Waals surface area contributed by atoms with E-state index in [9.17, 15) is 13.2 Å². The number of nitrogens with zero attached hydrogens (tertiary/aromatic N) is 1. The van der Waals surface area contributed by atoms with Crippen LogP contribution in [0.4, 0.5) is 18.9 Å². The fourth-order valence-corrected chi connectivity index (χ4v) is 3.26. The maximum absolute atomic E-state index is 12.7. The van der Waals surface area contributed by atoms with E-state index in [4.69, 9.17) is 11.6 Å². The second kappa shape index (κ2) is 5.89. The summed E-state index contributed by atoms with van der Waals surface area (Å²) in [7, 11) is 0. The lowest BCUT2D eigenvalue weighted by atomic mass is 10.0. The standard InChI is InChI=1S/C16H11ClF3NS/c17-15-21(9-10-22-15)14-4-2-1-3-13(14)11-5-7-12(8-6-11)16(18,19)20/h1-10,15H. The van der Waals surface area contributed by atoms with Crippen molar-refractivity contribution in [2.75, 3.05) is 4.90 Å². The highest BCUT2D eigenvalue weighted by Crippen LogP contribution is 2.39. The van der Waals surface area contributed by atoms with Crippen LogP contribution >= 0.6 is 23.4 Å². The molecule has 0 saturated carbocycles. The van der Waals surface area contributed by atoms with E-state index in [0.717, 1.165) is 28.9 Å². The molecule has 0 fully saturated rings. The summed E-state index contributed by atoms with van der Waals surface area (Å²) in [5.74, 6) is 0. The first-order valence-corrected chi connectivity index (χ1v) is 7.86. The number of halogens is 4. The average molecular weight is 342 g/mol. The minimum Gasteiger partial charge on any atom is -0.321 e. The first kappa shape index (κ1) is 15.3. The lowest BCUT2D eigenvalue weighted by Crippen LogP contribution is -2.19. The Morgan fingerprint density at radius 2 is 1.68 bits per heavy atom. The third-order valence-electron chi connectivity index (χ3n) is 3.34. The Bertz CT molecular complexity index is 697. The number of hydrogen-bond acceptors (Lipinski definition) is 2. The summed E-state index contributed by atoms with van der Waals surface area (Å²) in [6.45, 7) is 0. The quantitative estimate of drug-likeness (QED) is 0.492. The first-order chi connectivity index (χ1) is 10.5. The third-order valence-corrected chi connectivity index (χ3v) is 4.59. The zero-order chi connectivity index (χ0) is 15.7. The predicted molar refractivity (Wildman–Crippen MR) is 85.7 cm³/mol. The van der Waals surface area contributed by atoms with Crippen molar-refractivity contribution in [2.45, 2.75) is 11.0 Å². The number of hydrogen-bond donors (Lipinski definition) is 0. The van der Waals surface area contributed by atoms with E-state index in [2.05, 4.69) is 0 Å². The minimum atomic E-state index is -4.33. The summed E-state index contributed by atoms with van der Waals surface area (Å²) >= 11 is 7.71. The topological polar surface area (TPSA) is 3.24 Å². The number of thioether (sulfide) groups is 1. The van der Waals surface area contributed by atoms with Crippen molar-refractivity contribution in [2.24, 2.45) is 0 Å². The molecule has 0 spiro atoms. The zero-order valence-electron chi connectivity index (χ0n) is 11.2. The highest BCUT2D eigenvalue weighted by atomic mass is 35.5. The van der Waals surface area contributed by atoms with Gasteiger partial charge in [-0.2, -0.15) is 13.2 Å². The van der Waals surface area contributed by atoms with E-state index in [0.29, 0.717) is 0 Å². The maximum atomic E-state index is 12.7. The minimum absolute atomic E-state index is 0.254. The van der Waals surface area contributed by atoms with Crippen molar-refractivity contribution in [3.8, 4) is 11.1 Å². The largest absolute Gasteiger partial charge is 0.416 e. The van der Waals surface area contributed by atoms with Crippen LogP contribution in [-0.4, -0.2) is 4.83 Å². The van der Waals surface area contributed by atoms with Crippen LogP contribution in [0.3, 0.4) is 0 Å². The van der Waals surface area contributed by atoms with Gasteiger partial charge >= 0.3 is 6.18 Å². The van der Waals surface area contributed by atoms with Crippen molar-refractivity contribution >= 4 is 29.1 Å². The molecule has 1 nitrogen and oxygen atoms in total. The molecule has 0 radical (unpaired) electrons. The molecule has 114 valence electrons. The van der Waals surface area contributed by atoms with E-state index in [1.807, 2.05) is 40.8 Å². The van der Waals surface area contributed by atoms with Crippen molar-refractivity contribution < 1.29 is 13.2 Å². The number of anilines is 1. The van der Waals surface area contributed by atoms with Crippen molar-refractivity contribution in [3.63, 3.8) is 0 Å². The van der Waals surface area contributed by atoms with E-state index in [1.54, 1.807) is 0 Å². The van der Waals surface area contributed by atoms with Crippen molar-refractivity contribution in [3.05, 3.63) is 65.7 Å². The summed E-state index contributed by atoms with van der Waals surface area (Å²) in [5.41, 5.74) is 1.77. The molecule has 1 unspecified atom stereocenters. The lowest BCUT2D eigenvalue weighted by Gasteiger charge is -2.23. The van der Waals surface area contributed by atoms with Crippen LogP contribution in [0.5, 0.6) is 0 Å². The molecular formula is C16H11ClF3NS. The van der Waals surface area contributed by atoms with E-state index >= 15 is 0 Å².